The third-order valence-corrected chi connectivity index (χ3v) is 5.48. The monoisotopic (exact) mass is 415 g/mol. The average Bonchev–Trinajstić information content (AvgIpc) is 3.02. The van der Waals surface area contributed by atoms with Crippen LogP contribution in [-0.2, 0) is 40.5 Å². The fourth-order valence-corrected chi connectivity index (χ4v) is 4.02. The van der Waals surface area contributed by atoms with E-state index in [-0.39, 0.29) is 56.1 Å². The van der Waals surface area contributed by atoms with Crippen molar-refractivity contribution in [2.24, 2.45) is 5.92 Å². The zero-order chi connectivity index (χ0) is 21.2. The molecule has 0 saturated heterocycles. The molecule has 0 aliphatic carbocycles. The number of hydrogen-bond donors (Lipinski definition) is 0. The molecule has 0 saturated carbocycles. The zero-order valence-corrected chi connectivity index (χ0v) is 17.5. The van der Waals surface area contributed by atoms with Gasteiger partial charge in [-0.05, 0) is 33.8 Å². The summed E-state index contributed by atoms with van der Waals surface area (Å²) in [6, 6.07) is 3.32. The molecule has 1 atom stereocenters. The summed E-state index contributed by atoms with van der Waals surface area (Å²) in [4.78, 5) is 24.1. The maximum absolute atomic E-state index is 12.7. The molecule has 1 heterocycles. The van der Waals surface area contributed by atoms with Crippen LogP contribution in [0.4, 0.5) is 0 Å². The molecule has 1 aromatic rings. The Kier molecular flexibility index (Phi) is 9.94. The van der Waals surface area contributed by atoms with E-state index in [1.165, 1.54) is 6.07 Å². The van der Waals surface area contributed by atoms with E-state index in [4.69, 9.17) is 22.9 Å². The number of carbonyl (C=O) groups is 2. The van der Waals surface area contributed by atoms with Gasteiger partial charge in [0.05, 0.1) is 32.5 Å². The Hall–Kier alpha value is -2.14. The van der Waals surface area contributed by atoms with Crippen LogP contribution in [0, 0.1) is 17.2 Å². The molecule has 0 aliphatic rings. The highest BCUT2D eigenvalue weighted by molar-refractivity contribution is 7.53. The summed E-state index contributed by atoms with van der Waals surface area (Å²) in [5.74, 6) is -2.54. The van der Waals surface area contributed by atoms with Crippen LogP contribution in [0.2, 0.25) is 0 Å². The highest BCUT2D eigenvalue weighted by atomic mass is 31.2. The molecule has 1 unspecified atom stereocenters. The third kappa shape index (κ3) is 6.79. The molecule has 0 bridgehead atoms. The first-order chi connectivity index (χ1) is 13.3. The second kappa shape index (κ2) is 11.6. The summed E-state index contributed by atoms with van der Waals surface area (Å²) in [7, 11) is -3.47. The summed E-state index contributed by atoms with van der Waals surface area (Å²) in [5, 5.41) is 9.27. The molecule has 0 spiro atoms. The normalized spacial score (nSPS) is 12.2. The second-order valence-electron chi connectivity index (χ2n) is 5.53. The first-order valence-electron chi connectivity index (χ1n) is 9.07. The summed E-state index contributed by atoms with van der Waals surface area (Å²) in [6.45, 7) is 7.22. The SMILES string of the molecule is CCOC(=O)c1oc(CP(=O)(OCC)OCC)cc1CC(C#N)C(=O)OCC. The molecule has 9 nitrogen and oxygen atoms in total. The van der Waals surface area contributed by atoms with Crippen LogP contribution < -0.4 is 0 Å². The minimum absolute atomic E-state index is 0.111. The molecular formula is C18H26NO8P. The van der Waals surface area contributed by atoms with E-state index in [1.807, 2.05) is 6.07 Å². The van der Waals surface area contributed by atoms with E-state index in [1.54, 1.807) is 27.7 Å². The molecule has 1 aromatic heterocycles. The van der Waals surface area contributed by atoms with Crippen LogP contribution in [-0.4, -0.2) is 38.4 Å². The Balaban J connectivity index is 3.20. The van der Waals surface area contributed by atoms with Gasteiger partial charge in [-0.3, -0.25) is 9.36 Å². The Bertz CT molecular complexity index is 741. The first-order valence-corrected chi connectivity index (χ1v) is 10.8. The molecule has 0 radical (unpaired) electrons. The van der Waals surface area contributed by atoms with Crippen LogP contribution in [0.3, 0.4) is 0 Å². The van der Waals surface area contributed by atoms with Crippen molar-refractivity contribution in [3.63, 3.8) is 0 Å². The average molecular weight is 415 g/mol. The Morgan fingerprint density at radius 2 is 1.71 bits per heavy atom. The van der Waals surface area contributed by atoms with Gasteiger partial charge in [-0.2, -0.15) is 5.26 Å². The lowest BCUT2D eigenvalue weighted by molar-refractivity contribution is -0.145. The molecule has 0 amide bonds. The van der Waals surface area contributed by atoms with E-state index in [0.29, 0.717) is 0 Å². The van der Waals surface area contributed by atoms with Gasteiger partial charge in [-0.25, -0.2) is 4.79 Å². The van der Waals surface area contributed by atoms with Crippen molar-refractivity contribution in [3.05, 3.63) is 23.2 Å². The Morgan fingerprint density at radius 1 is 1.11 bits per heavy atom. The summed E-state index contributed by atoms with van der Waals surface area (Å²) in [5.41, 5.74) is 0.285. The molecule has 0 fully saturated rings. The molecule has 1 rings (SSSR count). The predicted molar refractivity (Wildman–Crippen MR) is 98.7 cm³/mol. The number of furan rings is 1. The molecule has 28 heavy (non-hydrogen) atoms. The van der Waals surface area contributed by atoms with Crippen LogP contribution in [0.25, 0.3) is 0 Å². The van der Waals surface area contributed by atoms with Gasteiger partial charge in [0.25, 0.3) is 0 Å². The minimum Gasteiger partial charge on any atom is -0.465 e. The van der Waals surface area contributed by atoms with Crippen molar-refractivity contribution >= 4 is 19.5 Å². The van der Waals surface area contributed by atoms with Gasteiger partial charge < -0.3 is 22.9 Å². The van der Waals surface area contributed by atoms with Crippen LogP contribution in [0.1, 0.15) is 49.6 Å². The summed E-state index contributed by atoms with van der Waals surface area (Å²) >= 11 is 0. The first kappa shape index (κ1) is 23.9. The molecule has 0 aliphatic heterocycles. The van der Waals surface area contributed by atoms with E-state index in [9.17, 15) is 19.4 Å². The van der Waals surface area contributed by atoms with E-state index >= 15 is 0 Å². The van der Waals surface area contributed by atoms with Gasteiger partial charge in [0.2, 0.25) is 5.76 Å². The molecule has 10 heteroatoms. The lowest BCUT2D eigenvalue weighted by Gasteiger charge is -2.15. The number of nitriles is 1. The topological polar surface area (TPSA) is 125 Å². The van der Waals surface area contributed by atoms with Crippen LogP contribution in [0.15, 0.2) is 10.5 Å². The number of esters is 2. The van der Waals surface area contributed by atoms with Crippen molar-refractivity contribution in [1.82, 2.24) is 0 Å². The summed E-state index contributed by atoms with van der Waals surface area (Å²) in [6.07, 6.45) is -0.307. The third-order valence-electron chi connectivity index (χ3n) is 3.47. The fourth-order valence-electron chi connectivity index (χ4n) is 2.44. The Labute approximate surface area is 164 Å². The number of hydrogen-bond acceptors (Lipinski definition) is 9. The summed E-state index contributed by atoms with van der Waals surface area (Å²) < 4.78 is 38.6. The molecule has 0 aromatic carbocycles. The molecule has 156 valence electrons. The lowest BCUT2D eigenvalue weighted by Crippen LogP contribution is -2.19. The highest BCUT2D eigenvalue weighted by Gasteiger charge is 2.31. The number of ether oxygens (including phenoxy) is 2. The number of carbonyl (C=O) groups excluding carboxylic acids is 2. The maximum Gasteiger partial charge on any atom is 0.374 e. The van der Waals surface area contributed by atoms with E-state index in [0.717, 1.165) is 0 Å². The van der Waals surface area contributed by atoms with Gasteiger partial charge in [-0.15, -0.1) is 0 Å². The van der Waals surface area contributed by atoms with Crippen LogP contribution in [0.5, 0.6) is 0 Å². The molecular weight excluding hydrogens is 389 g/mol. The number of rotatable bonds is 12. The standard InChI is InChI=1S/C18H26NO8P/c1-5-23-17(20)14(11-19)9-13-10-15(27-16(13)18(21)24-6-2)12-28(22,25-7-3)26-8-4/h10,14H,5-9,12H2,1-4H3. The van der Waals surface area contributed by atoms with Gasteiger partial charge in [0.15, 0.2) is 0 Å². The van der Waals surface area contributed by atoms with Crippen LogP contribution >= 0.6 is 7.60 Å². The largest absolute Gasteiger partial charge is 0.465 e. The predicted octanol–water partition coefficient (Wildman–Crippen LogP) is 3.47. The quantitative estimate of drug-likeness (QED) is 0.372. The van der Waals surface area contributed by atoms with E-state index < -0.39 is 25.5 Å². The Morgan fingerprint density at radius 3 is 2.21 bits per heavy atom. The van der Waals surface area contributed by atoms with Crippen molar-refractivity contribution in [3.8, 4) is 6.07 Å². The van der Waals surface area contributed by atoms with Crippen molar-refractivity contribution in [2.45, 2.75) is 40.3 Å². The van der Waals surface area contributed by atoms with Gasteiger partial charge in [0.1, 0.15) is 17.8 Å². The van der Waals surface area contributed by atoms with Gasteiger partial charge >= 0.3 is 19.5 Å². The maximum atomic E-state index is 12.7. The zero-order valence-electron chi connectivity index (χ0n) is 16.6. The van der Waals surface area contributed by atoms with Crippen molar-refractivity contribution < 1.29 is 37.1 Å². The van der Waals surface area contributed by atoms with Crippen molar-refractivity contribution in [1.29, 1.82) is 5.26 Å². The smallest absolute Gasteiger partial charge is 0.374 e. The molecule has 0 N–H and O–H groups in total. The fraction of sp³-hybridized carbons (Fsp3) is 0.611. The van der Waals surface area contributed by atoms with E-state index in [2.05, 4.69) is 0 Å². The van der Waals surface area contributed by atoms with Crippen molar-refractivity contribution in [2.75, 3.05) is 26.4 Å². The highest BCUT2D eigenvalue weighted by Crippen LogP contribution is 2.51. The second-order valence-corrected chi connectivity index (χ2v) is 7.58. The minimum atomic E-state index is -3.47. The van der Waals surface area contributed by atoms with Gasteiger partial charge in [0, 0.05) is 12.0 Å². The lowest BCUT2D eigenvalue weighted by atomic mass is 10.0. The van der Waals surface area contributed by atoms with Gasteiger partial charge in [-0.1, -0.05) is 0 Å². The number of nitrogens with zero attached hydrogens (tertiary/aromatic N) is 1.